The van der Waals surface area contributed by atoms with E-state index in [1.165, 1.54) is 56.1 Å². The third kappa shape index (κ3) is 3.74. The van der Waals surface area contributed by atoms with E-state index < -0.39 is 0 Å². The number of fused-ring (bicyclic) bond motifs is 8. The topological polar surface area (TPSA) is 7.76 Å². The Morgan fingerprint density at radius 3 is 2.14 bits per heavy atom. The normalized spacial score (nSPS) is 12.0. The van der Waals surface area contributed by atoms with Crippen molar-refractivity contribution in [1.29, 1.82) is 0 Å². The first-order chi connectivity index (χ1) is 17.4. The zero-order valence-corrected chi connectivity index (χ0v) is 21.5. The summed E-state index contributed by atoms with van der Waals surface area (Å²) in [5.41, 5.74) is 12.4. The van der Waals surface area contributed by atoms with E-state index in [4.69, 9.17) is 0 Å². The summed E-state index contributed by atoms with van der Waals surface area (Å²) >= 11 is 0. The molecule has 1 aliphatic rings. The molecule has 0 bridgehead atoms. The van der Waals surface area contributed by atoms with Crippen LogP contribution in [0.5, 0.6) is 0 Å². The maximum absolute atomic E-state index is 2.40. The van der Waals surface area contributed by atoms with Crippen LogP contribution in [0, 0.1) is 0 Å². The van der Waals surface area contributed by atoms with Crippen molar-refractivity contribution >= 4 is 0 Å². The number of nitrogens with zero attached hydrogens (tertiary/aromatic N) is 2. The molecule has 3 heterocycles. The van der Waals surface area contributed by atoms with E-state index in [0.717, 1.165) is 6.42 Å². The molecule has 0 saturated heterocycles. The molecule has 176 valence electrons. The molecule has 0 saturated carbocycles. The zero-order chi connectivity index (χ0) is 24.9. The Morgan fingerprint density at radius 1 is 0.611 bits per heavy atom. The smallest absolute Gasteiger partial charge is 0.159 e. The van der Waals surface area contributed by atoms with E-state index in [1.54, 1.807) is 0 Å². The molecule has 2 aromatic heterocycles. The third-order valence-corrected chi connectivity index (χ3v) is 7.32. The Kier molecular flexibility index (Phi) is 5.34. The number of hydrogen-bond acceptors (Lipinski definition) is 0. The van der Waals surface area contributed by atoms with Crippen molar-refractivity contribution in [2.45, 2.75) is 39.5 Å². The summed E-state index contributed by atoms with van der Waals surface area (Å²) in [4.78, 5) is 0. The van der Waals surface area contributed by atoms with Crippen molar-refractivity contribution in [2.75, 3.05) is 0 Å². The highest BCUT2D eigenvalue weighted by atomic mass is 15.0. The molecule has 0 spiro atoms. The van der Waals surface area contributed by atoms with Crippen LogP contribution >= 0.6 is 0 Å². The van der Waals surface area contributed by atoms with E-state index in [-0.39, 0.29) is 5.41 Å². The Morgan fingerprint density at radius 2 is 1.36 bits per heavy atom. The molecule has 2 heteroatoms. The SMILES string of the molecule is CCc1ccc2[n+](c1)-c1ccc(-c3ccccc3)cc1-c1cc(C(C)(C)C)cc[n+]1-c1ccccc1-2. The largest absolute Gasteiger partial charge is 0.225 e. The van der Waals surface area contributed by atoms with Gasteiger partial charge in [-0.25, -0.2) is 0 Å². The van der Waals surface area contributed by atoms with Crippen LogP contribution in [0.4, 0.5) is 0 Å². The van der Waals surface area contributed by atoms with Gasteiger partial charge in [0.1, 0.15) is 11.1 Å². The van der Waals surface area contributed by atoms with Gasteiger partial charge in [-0.15, -0.1) is 0 Å². The summed E-state index contributed by atoms with van der Waals surface area (Å²) in [7, 11) is 0. The lowest BCUT2D eigenvalue weighted by atomic mass is 9.86. The quantitative estimate of drug-likeness (QED) is 0.234. The molecule has 6 rings (SSSR count). The van der Waals surface area contributed by atoms with Crippen LogP contribution in [0.2, 0.25) is 0 Å². The van der Waals surface area contributed by atoms with Gasteiger partial charge in [-0.3, -0.25) is 0 Å². The van der Waals surface area contributed by atoms with Crippen molar-refractivity contribution in [1.82, 2.24) is 0 Å². The molecule has 0 amide bonds. The summed E-state index contributed by atoms with van der Waals surface area (Å²) < 4.78 is 4.77. The van der Waals surface area contributed by atoms with Crippen LogP contribution < -0.4 is 9.13 Å². The number of rotatable bonds is 2. The molecule has 0 fully saturated rings. The summed E-state index contributed by atoms with van der Waals surface area (Å²) in [6.45, 7) is 9.08. The van der Waals surface area contributed by atoms with Gasteiger partial charge in [0.15, 0.2) is 12.4 Å². The van der Waals surface area contributed by atoms with Crippen molar-refractivity contribution in [3.05, 3.63) is 121 Å². The van der Waals surface area contributed by atoms with Gasteiger partial charge in [0.25, 0.3) is 0 Å². The van der Waals surface area contributed by atoms with Gasteiger partial charge < -0.3 is 0 Å². The number of hydrogen-bond donors (Lipinski definition) is 0. The molecule has 0 aliphatic carbocycles. The van der Waals surface area contributed by atoms with Gasteiger partial charge in [-0.1, -0.05) is 70.2 Å². The first-order valence-corrected chi connectivity index (χ1v) is 12.8. The lowest BCUT2D eigenvalue weighted by Crippen LogP contribution is -2.42. The lowest BCUT2D eigenvalue weighted by molar-refractivity contribution is -0.598. The van der Waals surface area contributed by atoms with Gasteiger partial charge in [-0.2, -0.15) is 9.13 Å². The van der Waals surface area contributed by atoms with E-state index in [9.17, 15) is 0 Å². The average Bonchev–Trinajstić information content (AvgIpc) is 2.91. The molecular weight excluding hydrogens is 436 g/mol. The van der Waals surface area contributed by atoms with Crippen molar-refractivity contribution in [2.24, 2.45) is 0 Å². The van der Waals surface area contributed by atoms with Gasteiger partial charge >= 0.3 is 0 Å². The van der Waals surface area contributed by atoms with Crippen LogP contribution in [0.25, 0.3) is 45.0 Å². The van der Waals surface area contributed by atoms with Gasteiger partial charge in [0.2, 0.25) is 22.8 Å². The molecule has 3 aromatic carbocycles. The predicted octanol–water partition coefficient (Wildman–Crippen LogP) is 7.41. The minimum atomic E-state index is 0.0507. The fraction of sp³-hybridized carbons (Fsp3) is 0.176. The number of aromatic nitrogens is 2. The van der Waals surface area contributed by atoms with Gasteiger partial charge in [0.05, 0.1) is 0 Å². The second-order valence-electron chi connectivity index (χ2n) is 10.7. The summed E-state index contributed by atoms with van der Waals surface area (Å²) in [5.74, 6) is 0. The summed E-state index contributed by atoms with van der Waals surface area (Å²) in [6.07, 6.45) is 5.57. The summed E-state index contributed by atoms with van der Waals surface area (Å²) in [5, 5.41) is 0. The average molecular weight is 469 g/mol. The van der Waals surface area contributed by atoms with Crippen LogP contribution in [-0.2, 0) is 11.8 Å². The molecular formula is C34H32N2+2. The van der Waals surface area contributed by atoms with Gasteiger partial charge in [-0.05, 0) is 52.8 Å². The number of aryl methyl sites for hydroxylation is 1. The van der Waals surface area contributed by atoms with Crippen molar-refractivity contribution in [3.63, 3.8) is 0 Å². The summed E-state index contributed by atoms with van der Waals surface area (Å²) in [6, 6.07) is 35.6. The molecule has 0 atom stereocenters. The minimum absolute atomic E-state index is 0.0507. The third-order valence-electron chi connectivity index (χ3n) is 7.32. The first kappa shape index (κ1) is 22.4. The number of pyridine rings is 2. The zero-order valence-electron chi connectivity index (χ0n) is 21.5. The molecule has 1 aliphatic heterocycles. The second-order valence-corrected chi connectivity index (χ2v) is 10.7. The first-order valence-electron chi connectivity index (χ1n) is 12.8. The van der Waals surface area contributed by atoms with Crippen LogP contribution in [0.15, 0.2) is 109 Å². The maximum Gasteiger partial charge on any atom is 0.225 e. The fourth-order valence-electron chi connectivity index (χ4n) is 5.22. The molecule has 5 aromatic rings. The maximum atomic E-state index is 2.40. The minimum Gasteiger partial charge on any atom is -0.159 e. The Labute approximate surface area is 214 Å². The molecule has 36 heavy (non-hydrogen) atoms. The lowest BCUT2D eigenvalue weighted by Gasteiger charge is -2.20. The monoisotopic (exact) mass is 468 g/mol. The highest BCUT2D eigenvalue weighted by Crippen LogP contribution is 2.35. The molecule has 0 unspecified atom stereocenters. The highest BCUT2D eigenvalue weighted by Gasteiger charge is 2.34. The van der Waals surface area contributed by atoms with E-state index >= 15 is 0 Å². The van der Waals surface area contributed by atoms with Gasteiger partial charge in [0, 0.05) is 35.9 Å². The van der Waals surface area contributed by atoms with E-state index in [1.807, 2.05) is 0 Å². The highest BCUT2D eigenvalue weighted by molar-refractivity contribution is 5.77. The molecule has 0 N–H and O–H groups in total. The predicted molar refractivity (Wildman–Crippen MR) is 147 cm³/mol. The van der Waals surface area contributed by atoms with Crippen molar-refractivity contribution in [3.8, 4) is 45.0 Å². The van der Waals surface area contributed by atoms with Crippen molar-refractivity contribution < 1.29 is 9.13 Å². The number of benzene rings is 3. The van der Waals surface area contributed by atoms with Crippen LogP contribution in [0.1, 0.15) is 38.8 Å². The van der Waals surface area contributed by atoms with E-state index in [0.29, 0.717) is 0 Å². The fourth-order valence-corrected chi connectivity index (χ4v) is 5.22. The molecule has 2 nitrogen and oxygen atoms in total. The number of para-hydroxylation sites is 1. The Bertz CT molecular complexity index is 1590. The van der Waals surface area contributed by atoms with Crippen LogP contribution in [0.3, 0.4) is 0 Å². The van der Waals surface area contributed by atoms with E-state index in [2.05, 4.69) is 146 Å². The second kappa shape index (κ2) is 8.57. The molecule has 0 radical (unpaired) electrons. The Hall–Kier alpha value is -4.04. The van der Waals surface area contributed by atoms with Crippen LogP contribution in [-0.4, -0.2) is 0 Å². The Balaban J connectivity index is 1.75. The standard InChI is InChI=1S/C34H32N2/c1-5-24-15-17-31-28-13-9-10-14-30(28)35-20-19-27(34(2,3)4)22-33(35)29-21-26(25-11-7-6-8-12-25)16-18-32(29)36(31)23-24/h6-23H,5H2,1-4H3/q+2.